The van der Waals surface area contributed by atoms with Gasteiger partial charge in [0.25, 0.3) is 31.9 Å². The number of aromatic nitrogens is 4. The molecule has 2 amide bonds. The van der Waals surface area contributed by atoms with Crippen molar-refractivity contribution in [2.24, 2.45) is 0 Å². The predicted octanol–water partition coefficient (Wildman–Crippen LogP) is 4.61. The fraction of sp³-hybridized carbons (Fsp3) is 0.125. The summed E-state index contributed by atoms with van der Waals surface area (Å²) >= 11 is 0. The number of rotatable bonds is 10. The zero-order valence-electron chi connectivity index (χ0n) is 26.1. The molecule has 48 heavy (non-hydrogen) atoms. The Balaban J connectivity index is 1.21. The number of sulfonamides is 2. The molecule has 0 fully saturated rings. The summed E-state index contributed by atoms with van der Waals surface area (Å²) in [6, 6.07) is 20.1. The first-order chi connectivity index (χ1) is 22.7. The Labute approximate surface area is 277 Å². The highest BCUT2D eigenvalue weighted by Crippen LogP contribution is 2.21. The molecular weight excluding hydrogens is 657 g/mol. The number of carbonyl (C=O) groups is 2. The van der Waals surface area contributed by atoms with Gasteiger partial charge in [0.05, 0.1) is 9.79 Å². The maximum Gasteiger partial charge on any atom is 0.263 e. The molecule has 16 heteroatoms. The topological polar surface area (TPSA) is 202 Å². The van der Waals surface area contributed by atoms with E-state index in [1.54, 1.807) is 33.8 Å². The maximum absolute atomic E-state index is 13.0. The minimum Gasteiger partial charge on any atom is -0.322 e. The number of carbonyl (C=O) groups excluding carboxylic acids is 2. The van der Waals surface area contributed by atoms with E-state index in [4.69, 9.17) is 0 Å². The van der Waals surface area contributed by atoms with Gasteiger partial charge in [-0.2, -0.15) is 0 Å². The van der Waals surface area contributed by atoms with Crippen LogP contribution in [-0.2, 0) is 20.0 Å². The van der Waals surface area contributed by atoms with E-state index in [1.807, 2.05) is 0 Å². The highest BCUT2D eigenvalue weighted by Gasteiger charge is 2.18. The van der Waals surface area contributed by atoms with Crippen molar-refractivity contribution in [3.8, 4) is 0 Å². The van der Waals surface area contributed by atoms with E-state index in [0.29, 0.717) is 34.4 Å². The van der Waals surface area contributed by atoms with Crippen molar-refractivity contribution in [2.45, 2.75) is 37.5 Å². The van der Waals surface area contributed by atoms with Gasteiger partial charge < -0.3 is 10.6 Å². The van der Waals surface area contributed by atoms with Crippen LogP contribution in [0, 0.1) is 27.7 Å². The second-order valence-corrected chi connectivity index (χ2v) is 14.0. The van der Waals surface area contributed by atoms with Gasteiger partial charge in [0.2, 0.25) is 0 Å². The molecule has 0 aliphatic rings. The average molecular weight is 687 g/mol. The van der Waals surface area contributed by atoms with Crippen molar-refractivity contribution in [1.82, 2.24) is 19.9 Å². The van der Waals surface area contributed by atoms with Gasteiger partial charge in [-0.05, 0) is 94.4 Å². The summed E-state index contributed by atoms with van der Waals surface area (Å²) in [7, 11) is -7.89. The van der Waals surface area contributed by atoms with Gasteiger partial charge in [0.1, 0.15) is 23.3 Å². The Morgan fingerprint density at radius 3 is 1.25 bits per heavy atom. The zero-order chi connectivity index (χ0) is 34.6. The van der Waals surface area contributed by atoms with E-state index in [-0.39, 0.29) is 32.6 Å². The number of hydrogen-bond donors (Lipinski definition) is 4. The summed E-state index contributed by atoms with van der Waals surface area (Å²) in [5.74, 6) is 0.0796. The van der Waals surface area contributed by atoms with Crippen LogP contribution in [0.25, 0.3) is 0 Å². The molecule has 0 unspecified atom stereocenters. The summed E-state index contributed by atoms with van der Waals surface area (Å²) in [6.07, 6.45) is 0. The van der Waals surface area contributed by atoms with Gasteiger partial charge in [-0.3, -0.25) is 19.0 Å². The fourth-order valence-electron chi connectivity index (χ4n) is 4.57. The molecular formula is C32H30N8O6S2. The molecule has 0 aliphatic carbocycles. The quantitative estimate of drug-likeness (QED) is 0.161. The minimum atomic E-state index is -3.95. The molecule has 0 atom stereocenters. The van der Waals surface area contributed by atoms with Crippen molar-refractivity contribution in [3.63, 3.8) is 0 Å². The minimum absolute atomic E-state index is 0.0362. The van der Waals surface area contributed by atoms with Gasteiger partial charge in [-0.25, -0.2) is 36.8 Å². The second-order valence-electron chi connectivity index (χ2n) is 10.6. The van der Waals surface area contributed by atoms with Crippen molar-refractivity contribution < 1.29 is 26.4 Å². The normalized spacial score (nSPS) is 11.4. The van der Waals surface area contributed by atoms with Crippen molar-refractivity contribution in [2.75, 3.05) is 20.1 Å². The Kier molecular flexibility index (Phi) is 9.49. The molecule has 2 heterocycles. The van der Waals surface area contributed by atoms with Crippen molar-refractivity contribution in [1.29, 1.82) is 0 Å². The number of amides is 2. The van der Waals surface area contributed by atoms with Crippen LogP contribution in [0.2, 0.25) is 0 Å². The molecule has 5 aromatic rings. The Morgan fingerprint density at radius 2 is 0.896 bits per heavy atom. The summed E-state index contributed by atoms with van der Waals surface area (Å²) in [4.78, 5) is 42.3. The number of nitrogens with one attached hydrogen (secondary N) is 4. The number of anilines is 4. The molecule has 0 saturated carbocycles. The van der Waals surface area contributed by atoms with E-state index < -0.39 is 31.9 Å². The van der Waals surface area contributed by atoms with Crippen LogP contribution in [0.15, 0.2) is 94.7 Å². The summed E-state index contributed by atoms with van der Waals surface area (Å²) in [6.45, 7) is 6.77. The molecule has 0 saturated heterocycles. The van der Waals surface area contributed by atoms with E-state index in [0.717, 1.165) is 0 Å². The van der Waals surface area contributed by atoms with Crippen LogP contribution in [-0.4, -0.2) is 48.6 Å². The third-order valence-electron chi connectivity index (χ3n) is 6.64. The molecule has 3 aromatic carbocycles. The van der Waals surface area contributed by atoms with Gasteiger partial charge >= 0.3 is 0 Å². The van der Waals surface area contributed by atoms with Crippen LogP contribution in [0.3, 0.4) is 0 Å². The third-order valence-corrected chi connectivity index (χ3v) is 9.38. The maximum atomic E-state index is 13.0. The lowest BCUT2D eigenvalue weighted by Crippen LogP contribution is -2.17. The molecule has 0 aliphatic heterocycles. The summed E-state index contributed by atoms with van der Waals surface area (Å²) in [5.41, 5.74) is 2.24. The number of nitrogens with zero attached hydrogens (tertiary/aromatic N) is 4. The first kappa shape index (κ1) is 33.6. The molecule has 246 valence electrons. The van der Waals surface area contributed by atoms with Crippen LogP contribution < -0.4 is 20.1 Å². The second kappa shape index (κ2) is 13.5. The molecule has 0 spiro atoms. The first-order valence-corrected chi connectivity index (χ1v) is 17.3. The van der Waals surface area contributed by atoms with E-state index in [2.05, 4.69) is 40.0 Å². The summed E-state index contributed by atoms with van der Waals surface area (Å²) < 4.78 is 56.2. The van der Waals surface area contributed by atoms with Crippen LogP contribution >= 0.6 is 0 Å². The Morgan fingerprint density at radius 1 is 0.521 bits per heavy atom. The number of benzene rings is 3. The third kappa shape index (κ3) is 8.34. The lowest BCUT2D eigenvalue weighted by molar-refractivity contribution is 0.102. The Hall–Kier alpha value is -5.74. The first-order valence-electron chi connectivity index (χ1n) is 14.3. The zero-order valence-corrected chi connectivity index (χ0v) is 27.8. The van der Waals surface area contributed by atoms with Gasteiger partial charge in [0, 0.05) is 46.0 Å². The van der Waals surface area contributed by atoms with E-state index in [1.165, 1.54) is 78.9 Å². The van der Waals surface area contributed by atoms with E-state index >= 15 is 0 Å². The SMILES string of the molecule is Cc1cc(NS(=O)(=O)c2ccc(NC(=O)c3cccc(C(=O)Nc4ccc(S(=O)(=O)Nc5cc(C)nc(C)n5)cc4)c3)cc2)nc(C)n1. The average Bonchev–Trinajstić information content (AvgIpc) is 3.00. The van der Waals surface area contributed by atoms with Crippen LogP contribution in [0.5, 0.6) is 0 Å². The molecule has 14 nitrogen and oxygen atoms in total. The molecule has 2 aromatic heterocycles. The molecule has 0 radical (unpaired) electrons. The van der Waals surface area contributed by atoms with Gasteiger partial charge in [-0.15, -0.1) is 0 Å². The highest BCUT2D eigenvalue weighted by atomic mass is 32.2. The molecule has 5 rings (SSSR count). The Bertz CT molecular complexity index is 2050. The van der Waals surface area contributed by atoms with Crippen LogP contribution in [0.1, 0.15) is 43.8 Å². The summed E-state index contributed by atoms with van der Waals surface area (Å²) in [5, 5.41) is 5.37. The van der Waals surface area contributed by atoms with E-state index in [9.17, 15) is 26.4 Å². The molecule has 4 N–H and O–H groups in total. The predicted molar refractivity (Wildman–Crippen MR) is 180 cm³/mol. The largest absolute Gasteiger partial charge is 0.322 e. The van der Waals surface area contributed by atoms with Crippen molar-refractivity contribution in [3.05, 3.63) is 119 Å². The smallest absolute Gasteiger partial charge is 0.263 e. The van der Waals surface area contributed by atoms with Gasteiger partial charge in [-0.1, -0.05) is 6.07 Å². The fourth-order valence-corrected chi connectivity index (χ4v) is 6.56. The van der Waals surface area contributed by atoms with Crippen LogP contribution in [0.4, 0.5) is 23.0 Å². The standard InChI is InChI=1S/C32H30N8O6S2/c1-19-16-29(35-21(3)33-19)39-47(43,44)27-12-8-25(9-13-27)37-31(41)23-6-5-7-24(18-23)32(42)38-26-10-14-28(15-11-26)48(45,46)40-30-17-20(2)34-22(4)36-30/h5-18H,1-4H3,(H,37,41)(H,38,42)(H,33,35,39)(H,34,36,40). The number of hydrogen-bond acceptors (Lipinski definition) is 10. The highest BCUT2D eigenvalue weighted by molar-refractivity contribution is 7.93. The lowest BCUT2D eigenvalue weighted by atomic mass is 10.1. The monoisotopic (exact) mass is 686 g/mol. The number of aryl methyl sites for hydroxylation is 4. The molecule has 0 bridgehead atoms. The lowest BCUT2D eigenvalue weighted by Gasteiger charge is -2.11. The van der Waals surface area contributed by atoms with Crippen molar-refractivity contribution >= 4 is 54.9 Å². The van der Waals surface area contributed by atoms with Gasteiger partial charge in [0.15, 0.2) is 0 Å².